The van der Waals surface area contributed by atoms with Gasteiger partial charge in [-0.15, -0.1) is 24.5 Å². The normalized spacial score (nSPS) is 18.4. The van der Waals surface area contributed by atoms with Crippen LogP contribution in [0.1, 0.15) is 0 Å². The smallest absolute Gasteiger partial charge is 0.370 e. The number of rotatable bonds is 0. The molecular formula is C9H12B3N3. The van der Waals surface area contributed by atoms with Crippen molar-refractivity contribution >= 4 is 20.9 Å². The van der Waals surface area contributed by atoms with Crippen LogP contribution in [0, 0.1) is 37.0 Å². The summed E-state index contributed by atoms with van der Waals surface area (Å²) in [5.41, 5.74) is 0. The van der Waals surface area contributed by atoms with Crippen LogP contribution in [0.15, 0.2) is 0 Å². The van der Waals surface area contributed by atoms with Gasteiger partial charge in [-0.2, -0.15) is 0 Å². The summed E-state index contributed by atoms with van der Waals surface area (Å²) in [7, 11) is 3.87. The zero-order valence-electron chi connectivity index (χ0n) is 9.31. The molecule has 1 fully saturated rings. The molecule has 0 atom stereocenters. The fourth-order valence-electron chi connectivity index (χ4n) is 1.76. The van der Waals surface area contributed by atoms with Gasteiger partial charge >= 0.3 is 14.0 Å². The maximum atomic E-state index is 5.47. The van der Waals surface area contributed by atoms with E-state index in [0.717, 1.165) is 0 Å². The molecule has 0 spiro atoms. The van der Waals surface area contributed by atoms with Gasteiger partial charge in [0.2, 0.25) is 0 Å². The highest BCUT2D eigenvalue weighted by Gasteiger charge is 2.46. The lowest BCUT2D eigenvalue weighted by Crippen LogP contribution is -2.73. The first kappa shape index (κ1) is 11.7. The molecule has 6 heteroatoms. The van der Waals surface area contributed by atoms with Crippen LogP contribution in [0.2, 0.25) is 6.82 Å². The Hall–Kier alpha value is -1.41. The van der Waals surface area contributed by atoms with Crippen molar-refractivity contribution < 1.29 is 0 Å². The third-order valence-electron chi connectivity index (χ3n) is 2.92. The van der Waals surface area contributed by atoms with Crippen molar-refractivity contribution in [2.75, 3.05) is 14.1 Å². The van der Waals surface area contributed by atoms with Crippen LogP contribution in [-0.2, 0) is 0 Å². The highest BCUT2D eigenvalue weighted by atomic mass is 15.3. The van der Waals surface area contributed by atoms with E-state index < -0.39 is 0 Å². The van der Waals surface area contributed by atoms with E-state index in [4.69, 9.17) is 19.3 Å². The summed E-state index contributed by atoms with van der Waals surface area (Å²) in [4.78, 5) is 0. The third-order valence-corrected chi connectivity index (χ3v) is 2.92. The molecule has 1 saturated heterocycles. The quantitative estimate of drug-likeness (QED) is 0.369. The van der Waals surface area contributed by atoms with Crippen LogP contribution in [0.4, 0.5) is 0 Å². The first-order valence-corrected chi connectivity index (χ1v) is 4.69. The van der Waals surface area contributed by atoms with Gasteiger partial charge in [0.25, 0.3) is 6.98 Å². The molecule has 1 aliphatic heterocycles. The van der Waals surface area contributed by atoms with Gasteiger partial charge in [0.05, 0.1) is 0 Å². The molecule has 0 aromatic carbocycles. The Kier molecular flexibility index (Phi) is 3.43. The van der Waals surface area contributed by atoms with Crippen molar-refractivity contribution in [3.63, 3.8) is 0 Å². The lowest BCUT2D eigenvalue weighted by atomic mass is 9.45. The number of nitrogens with zero attached hydrogens (tertiary/aromatic N) is 3. The van der Waals surface area contributed by atoms with Crippen molar-refractivity contribution in [1.82, 2.24) is 14.2 Å². The van der Waals surface area contributed by atoms with Crippen molar-refractivity contribution in [2.45, 2.75) is 6.82 Å². The molecule has 72 valence electrons. The topological polar surface area (TPSA) is 9.72 Å². The van der Waals surface area contributed by atoms with Crippen LogP contribution in [0.3, 0.4) is 0 Å². The Bertz CT molecular complexity index is 336. The zero-order chi connectivity index (χ0) is 11.6. The van der Waals surface area contributed by atoms with Gasteiger partial charge in [0.15, 0.2) is 0 Å². The van der Waals surface area contributed by atoms with Crippen LogP contribution in [-0.4, -0.2) is 49.2 Å². The summed E-state index contributed by atoms with van der Waals surface area (Å²) in [6, 6.07) is 2.55. The van der Waals surface area contributed by atoms with Gasteiger partial charge in [0, 0.05) is 0 Å². The Balaban J connectivity index is 3.09. The third kappa shape index (κ3) is 1.73. The van der Waals surface area contributed by atoms with Crippen LogP contribution in [0.5, 0.6) is 0 Å². The maximum Gasteiger partial charge on any atom is 0.418 e. The molecule has 0 aliphatic carbocycles. The highest BCUT2D eigenvalue weighted by Crippen LogP contribution is 2.14. The van der Waals surface area contributed by atoms with Gasteiger partial charge in [-0.3, -0.25) is 0 Å². The Labute approximate surface area is 93.5 Å². The summed E-state index contributed by atoms with van der Waals surface area (Å²) >= 11 is 0. The molecular weight excluding hydrogens is 183 g/mol. The Morgan fingerprint density at radius 1 is 0.933 bits per heavy atom. The minimum atomic E-state index is -0.248. The van der Waals surface area contributed by atoms with Crippen molar-refractivity contribution in [1.29, 1.82) is 0 Å². The van der Waals surface area contributed by atoms with E-state index in [2.05, 4.69) is 17.7 Å². The second kappa shape index (κ2) is 4.41. The summed E-state index contributed by atoms with van der Waals surface area (Å²) < 4.78 is 5.68. The molecule has 0 N–H and O–H groups in total. The largest absolute Gasteiger partial charge is 0.418 e. The minimum absolute atomic E-state index is 0.164. The molecule has 15 heavy (non-hydrogen) atoms. The first-order chi connectivity index (χ1) is 7.08. The van der Waals surface area contributed by atoms with Crippen molar-refractivity contribution in [2.24, 2.45) is 0 Å². The van der Waals surface area contributed by atoms with Gasteiger partial charge in [-0.05, 0) is 20.1 Å². The molecule has 1 aliphatic rings. The lowest BCUT2D eigenvalue weighted by molar-refractivity contribution is 0.587. The summed E-state index contributed by atoms with van der Waals surface area (Å²) in [5, 5.41) is 0. The molecule has 1 heterocycles. The lowest BCUT2D eigenvalue weighted by Gasteiger charge is -2.45. The fourth-order valence-corrected chi connectivity index (χ4v) is 1.76. The fraction of sp³-hybridized carbons (Fsp3) is 0.333. The summed E-state index contributed by atoms with van der Waals surface area (Å²) in [6.45, 7) is 1.71. The van der Waals surface area contributed by atoms with E-state index in [0.29, 0.717) is 0 Å². The van der Waals surface area contributed by atoms with E-state index in [1.807, 2.05) is 30.4 Å². The number of hydrogen-bond acceptors (Lipinski definition) is 3. The van der Waals surface area contributed by atoms with Crippen molar-refractivity contribution in [3.8, 4) is 37.0 Å². The summed E-state index contributed by atoms with van der Waals surface area (Å²) in [6.07, 6.45) is 16.4. The van der Waals surface area contributed by atoms with Gasteiger partial charge < -0.3 is 14.2 Å². The highest BCUT2D eigenvalue weighted by molar-refractivity contribution is 6.91. The molecule has 0 aromatic heterocycles. The standard InChI is InChI=1S/C9H12B3N3/c1-7-11-13(5)10(4)14(6)12(8-2)15(11)9-3/h1-3H,4-6H3. The van der Waals surface area contributed by atoms with Crippen molar-refractivity contribution in [3.05, 3.63) is 0 Å². The first-order valence-electron chi connectivity index (χ1n) is 4.69. The van der Waals surface area contributed by atoms with E-state index in [1.54, 1.807) is 4.72 Å². The average molecular weight is 195 g/mol. The Morgan fingerprint density at radius 3 is 1.60 bits per heavy atom. The molecule has 1 rings (SSSR count). The SMILES string of the molecule is C#CB1N(C)B(C)N(C)B(C#C)N1C#C. The Morgan fingerprint density at radius 2 is 1.33 bits per heavy atom. The van der Waals surface area contributed by atoms with E-state index in [9.17, 15) is 0 Å². The summed E-state index contributed by atoms with van der Waals surface area (Å²) in [5.74, 6) is 5.31. The maximum absolute atomic E-state index is 5.47. The molecule has 3 nitrogen and oxygen atoms in total. The number of hydrogen-bond donors (Lipinski definition) is 0. The molecule has 0 amide bonds. The molecule has 0 aromatic rings. The predicted octanol–water partition coefficient (Wildman–Crippen LogP) is -0.804. The molecule has 0 unspecified atom stereocenters. The van der Waals surface area contributed by atoms with Gasteiger partial charge in [-0.25, -0.2) is 0 Å². The number of terminal acetylenes is 3. The second-order valence-corrected chi connectivity index (χ2v) is 3.58. The minimum Gasteiger partial charge on any atom is -0.370 e. The van der Waals surface area contributed by atoms with E-state index in [-0.39, 0.29) is 20.9 Å². The van der Waals surface area contributed by atoms with Crippen LogP contribution < -0.4 is 0 Å². The van der Waals surface area contributed by atoms with Gasteiger partial charge in [0.1, 0.15) is 0 Å². The molecule has 0 bridgehead atoms. The zero-order valence-corrected chi connectivity index (χ0v) is 9.31. The van der Waals surface area contributed by atoms with Gasteiger partial charge in [-0.1, -0.05) is 13.2 Å². The average Bonchev–Trinajstić information content (AvgIpc) is 2.25. The van der Waals surface area contributed by atoms with E-state index >= 15 is 0 Å². The second-order valence-electron chi connectivity index (χ2n) is 3.58. The van der Waals surface area contributed by atoms with E-state index in [1.165, 1.54) is 0 Å². The molecule has 0 radical (unpaired) electrons. The monoisotopic (exact) mass is 195 g/mol. The van der Waals surface area contributed by atoms with Crippen LogP contribution >= 0.6 is 0 Å². The van der Waals surface area contributed by atoms with Crippen LogP contribution in [0.25, 0.3) is 0 Å². The predicted molar refractivity (Wildman–Crippen MR) is 67.0 cm³/mol. The molecule has 0 saturated carbocycles.